The molecule has 0 unspecified atom stereocenters. The summed E-state index contributed by atoms with van der Waals surface area (Å²) in [6, 6.07) is 71.8. The van der Waals surface area contributed by atoms with Crippen LogP contribution in [0.25, 0.3) is 76.9 Å². The van der Waals surface area contributed by atoms with Gasteiger partial charge < -0.3 is 9.32 Å². The first-order chi connectivity index (χ1) is 25.7. The lowest BCUT2D eigenvalue weighted by molar-refractivity contribution is 0.669. The molecule has 0 aliphatic rings. The molecule has 9 aromatic carbocycles. The minimum Gasteiger partial charge on any atom is -0.456 e. The van der Waals surface area contributed by atoms with Crippen LogP contribution < -0.4 is 4.90 Å². The molecule has 1 aromatic heterocycles. The van der Waals surface area contributed by atoms with Crippen LogP contribution in [0.15, 0.2) is 205 Å². The van der Waals surface area contributed by atoms with Gasteiger partial charge in [0.1, 0.15) is 11.2 Å². The molecule has 0 aliphatic carbocycles. The van der Waals surface area contributed by atoms with Crippen molar-refractivity contribution < 1.29 is 4.42 Å². The van der Waals surface area contributed by atoms with Crippen LogP contribution in [0.5, 0.6) is 0 Å². The van der Waals surface area contributed by atoms with Gasteiger partial charge in [-0.2, -0.15) is 0 Å². The van der Waals surface area contributed by atoms with Crippen LogP contribution >= 0.6 is 0 Å². The third kappa shape index (κ3) is 5.30. The van der Waals surface area contributed by atoms with Crippen molar-refractivity contribution in [1.29, 1.82) is 0 Å². The van der Waals surface area contributed by atoms with Gasteiger partial charge in [-0.05, 0) is 116 Å². The molecule has 0 saturated heterocycles. The normalized spacial score (nSPS) is 11.5. The van der Waals surface area contributed by atoms with Gasteiger partial charge in [-0.25, -0.2) is 0 Å². The lowest BCUT2D eigenvalue weighted by Gasteiger charge is -2.27. The van der Waals surface area contributed by atoms with Crippen molar-refractivity contribution in [3.05, 3.63) is 200 Å². The summed E-state index contributed by atoms with van der Waals surface area (Å²) in [4.78, 5) is 2.36. The smallest absolute Gasteiger partial charge is 0.137 e. The molecule has 0 amide bonds. The molecule has 10 rings (SSSR count). The van der Waals surface area contributed by atoms with Crippen molar-refractivity contribution in [2.45, 2.75) is 0 Å². The number of hydrogen-bond acceptors (Lipinski definition) is 2. The SMILES string of the molecule is c1ccc(-c2cccc(N(c3ccc(-c4ccc5ccc(-c6ccc7ccccc7c6)cc5c4)cc3)c3cccc4oc5ccccc5c34)c2)cc1. The minimum absolute atomic E-state index is 0.874. The molecule has 2 nitrogen and oxygen atoms in total. The zero-order valence-electron chi connectivity index (χ0n) is 28.4. The van der Waals surface area contributed by atoms with Crippen molar-refractivity contribution >= 4 is 60.5 Å². The molecule has 1 heterocycles. The van der Waals surface area contributed by atoms with E-state index in [0.717, 1.165) is 39.0 Å². The van der Waals surface area contributed by atoms with E-state index in [1.807, 2.05) is 12.1 Å². The van der Waals surface area contributed by atoms with Crippen LogP contribution in [-0.2, 0) is 0 Å². The Bertz CT molecular complexity index is 2900. The fourth-order valence-corrected chi connectivity index (χ4v) is 7.60. The second kappa shape index (κ2) is 12.5. The summed E-state index contributed by atoms with van der Waals surface area (Å²) in [6.07, 6.45) is 0. The number of para-hydroxylation sites is 1. The Morgan fingerprint density at radius 1 is 0.308 bits per heavy atom. The molecule has 0 fully saturated rings. The monoisotopic (exact) mass is 663 g/mol. The summed E-state index contributed by atoms with van der Waals surface area (Å²) < 4.78 is 6.35. The highest BCUT2D eigenvalue weighted by Crippen LogP contribution is 2.44. The summed E-state index contributed by atoms with van der Waals surface area (Å²) in [5.41, 5.74) is 12.2. The van der Waals surface area contributed by atoms with Gasteiger partial charge in [0.15, 0.2) is 0 Å². The Morgan fingerprint density at radius 2 is 0.846 bits per heavy atom. The maximum atomic E-state index is 6.35. The van der Waals surface area contributed by atoms with Crippen LogP contribution in [0.3, 0.4) is 0 Å². The average Bonchev–Trinajstić information content (AvgIpc) is 3.61. The van der Waals surface area contributed by atoms with Gasteiger partial charge in [-0.1, -0.05) is 140 Å². The summed E-state index contributed by atoms with van der Waals surface area (Å²) in [5, 5.41) is 7.18. The second-order valence-corrected chi connectivity index (χ2v) is 13.4. The van der Waals surface area contributed by atoms with Crippen molar-refractivity contribution in [1.82, 2.24) is 0 Å². The third-order valence-corrected chi connectivity index (χ3v) is 10.2. The summed E-state index contributed by atoms with van der Waals surface area (Å²) in [6.45, 7) is 0. The predicted octanol–water partition coefficient (Wildman–Crippen LogP) is 14.4. The minimum atomic E-state index is 0.874. The topological polar surface area (TPSA) is 16.4 Å². The molecular formula is C50H33NO. The van der Waals surface area contributed by atoms with Gasteiger partial charge in [0.2, 0.25) is 0 Å². The van der Waals surface area contributed by atoms with Gasteiger partial charge in [-0.3, -0.25) is 0 Å². The quantitative estimate of drug-likeness (QED) is 0.176. The largest absolute Gasteiger partial charge is 0.456 e. The Morgan fingerprint density at radius 3 is 1.63 bits per heavy atom. The number of rotatable bonds is 6. The van der Waals surface area contributed by atoms with Crippen LogP contribution in [0, 0.1) is 0 Å². The van der Waals surface area contributed by atoms with Gasteiger partial charge in [0.05, 0.1) is 11.1 Å². The van der Waals surface area contributed by atoms with Crippen LogP contribution in [0.4, 0.5) is 17.1 Å². The zero-order valence-corrected chi connectivity index (χ0v) is 28.4. The molecule has 0 N–H and O–H groups in total. The lowest BCUT2D eigenvalue weighted by atomic mass is 9.96. The molecule has 10 aromatic rings. The maximum Gasteiger partial charge on any atom is 0.137 e. The maximum absolute atomic E-state index is 6.35. The van der Waals surface area contributed by atoms with Crippen LogP contribution in [0.1, 0.15) is 0 Å². The fourth-order valence-electron chi connectivity index (χ4n) is 7.60. The van der Waals surface area contributed by atoms with E-state index in [0.29, 0.717) is 0 Å². The van der Waals surface area contributed by atoms with Crippen LogP contribution in [-0.4, -0.2) is 0 Å². The average molecular weight is 664 g/mol. The summed E-state index contributed by atoms with van der Waals surface area (Å²) in [7, 11) is 0. The molecule has 52 heavy (non-hydrogen) atoms. The van der Waals surface area contributed by atoms with E-state index < -0.39 is 0 Å². The number of furan rings is 1. The first kappa shape index (κ1) is 30.0. The van der Waals surface area contributed by atoms with E-state index >= 15 is 0 Å². The fraction of sp³-hybridized carbons (Fsp3) is 0. The number of benzene rings is 9. The van der Waals surface area contributed by atoms with Gasteiger partial charge in [0.25, 0.3) is 0 Å². The van der Waals surface area contributed by atoms with Crippen molar-refractivity contribution in [3.8, 4) is 33.4 Å². The van der Waals surface area contributed by atoms with Gasteiger partial charge in [-0.15, -0.1) is 0 Å². The third-order valence-electron chi connectivity index (χ3n) is 10.2. The molecule has 0 atom stereocenters. The van der Waals surface area contributed by atoms with Crippen molar-refractivity contribution in [2.75, 3.05) is 4.90 Å². The van der Waals surface area contributed by atoms with E-state index in [1.165, 1.54) is 54.9 Å². The number of fused-ring (bicyclic) bond motifs is 5. The highest BCUT2D eigenvalue weighted by atomic mass is 16.3. The van der Waals surface area contributed by atoms with Crippen LogP contribution in [0.2, 0.25) is 0 Å². The number of anilines is 3. The molecule has 0 spiro atoms. The first-order valence-corrected chi connectivity index (χ1v) is 17.7. The molecule has 0 aliphatic heterocycles. The highest BCUT2D eigenvalue weighted by Gasteiger charge is 2.20. The van der Waals surface area contributed by atoms with Gasteiger partial charge in [0, 0.05) is 16.8 Å². The van der Waals surface area contributed by atoms with E-state index in [1.54, 1.807) is 0 Å². The molecule has 244 valence electrons. The highest BCUT2D eigenvalue weighted by molar-refractivity contribution is 6.13. The summed E-state index contributed by atoms with van der Waals surface area (Å²) in [5.74, 6) is 0. The number of hydrogen-bond donors (Lipinski definition) is 0. The zero-order chi connectivity index (χ0) is 34.4. The summed E-state index contributed by atoms with van der Waals surface area (Å²) >= 11 is 0. The van der Waals surface area contributed by atoms with Crippen molar-refractivity contribution in [2.24, 2.45) is 0 Å². The second-order valence-electron chi connectivity index (χ2n) is 13.4. The lowest BCUT2D eigenvalue weighted by Crippen LogP contribution is -2.10. The molecule has 0 radical (unpaired) electrons. The molecule has 2 heteroatoms. The van der Waals surface area contributed by atoms with E-state index in [2.05, 4.69) is 193 Å². The Balaban J connectivity index is 1.07. The van der Waals surface area contributed by atoms with Crippen molar-refractivity contribution in [3.63, 3.8) is 0 Å². The standard InChI is InChI=1S/C50H33NO/c1-2-10-34(11-3-1)39-14-8-15-45(33-39)51(47-17-9-19-49-50(47)46-16-6-7-18-48(46)52-49)44-28-26-36(27-29-44)40-23-21-37-22-25-42(32-43(37)31-40)41-24-20-35-12-4-5-13-38(35)30-41/h1-33H. The van der Waals surface area contributed by atoms with E-state index in [9.17, 15) is 0 Å². The molecular weight excluding hydrogens is 631 g/mol. The van der Waals surface area contributed by atoms with E-state index in [4.69, 9.17) is 4.42 Å². The first-order valence-electron chi connectivity index (χ1n) is 17.7. The molecule has 0 saturated carbocycles. The molecule has 0 bridgehead atoms. The van der Waals surface area contributed by atoms with Gasteiger partial charge >= 0.3 is 0 Å². The van der Waals surface area contributed by atoms with E-state index in [-0.39, 0.29) is 0 Å². The predicted molar refractivity (Wildman–Crippen MR) is 220 cm³/mol. The Hall–Kier alpha value is -6.90. The Kier molecular flexibility index (Phi) is 7.18. The number of nitrogens with zero attached hydrogens (tertiary/aromatic N) is 1. The Labute approximate surface area is 302 Å².